The average Bonchev–Trinajstić information content (AvgIpc) is 2.93. The van der Waals surface area contributed by atoms with E-state index < -0.39 is 0 Å². The largest absolute Gasteiger partial charge is 0.340 e. The van der Waals surface area contributed by atoms with Crippen molar-refractivity contribution in [1.29, 1.82) is 0 Å². The van der Waals surface area contributed by atoms with Crippen molar-refractivity contribution in [3.8, 4) is 0 Å². The molecule has 2 N–H and O–H groups in total. The fourth-order valence-electron chi connectivity index (χ4n) is 2.76. The van der Waals surface area contributed by atoms with Crippen LogP contribution in [0.25, 0.3) is 0 Å². The molecule has 1 aromatic heterocycles. The van der Waals surface area contributed by atoms with Gasteiger partial charge >= 0.3 is 0 Å². The predicted molar refractivity (Wildman–Crippen MR) is 83.6 cm³/mol. The Bertz CT molecular complexity index is 421. The van der Waals surface area contributed by atoms with E-state index in [-0.39, 0.29) is 5.91 Å². The lowest BCUT2D eigenvalue weighted by Gasteiger charge is -2.36. The van der Waals surface area contributed by atoms with Crippen molar-refractivity contribution >= 4 is 17.2 Å². The second kappa shape index (κ2) is 7.20. The first-order valence-corrected chi connectivity index (χ1v) is 8.27. The van der Waals surface area contributed by atoms with E-state index in [2.05, 4.69) is 23.3 Å². The topological polar surface area (TPSA) is 49.6 Å². The van der Waals surface area contributed by atoms with Gasteiger partial charge in [0.25, 0.3) is 0 Å². The lowest BCUT2D eigenvalue weighted by Crippen LogP contribution is -2.49. The van der Waals surface area contributed by atoms with Crippen LogP contribution in [0, 0.1) is 5.92 Å². The van der Waals surface area contributed by atoms with Crippen molar-refractivity contribution in [2.45, 2.75) is 32.4 Å². The molecule has 4 nitrogen and oxygen atoms in total. The number of piperidine rings is 1. The molecule has 0 radical (unpaired) electrons. The van der Waals surface area contributed by atoms with Gasteiger partial charge in [0.2, 0.25) is 5.91 Å². The Morgan fingerprint density at radius 2 is 2.40 bits per heavy atom. The van der Waals surface area contributed by atoms with Gasteiger partial charge < -0.3 is 10.6 Å². The van der Waals surface area contributed by atoms with Gasteiger partial charge in [-0.2, -0.15) is 11.3 Å². The molecule has 2 atom stereocenters. The first kappa shape index (κ1) is 15.5. The van der Waals surface area contributed by atoms with E-state index in [0.717, 1.165) is 25.9 Å². The second-order valence-corrected chi connectivity index (χ2v) is 6.52. The molecular weight excluding hydrogens is 270 g/mol. The third-order valence-electron chi connectivity index (χ3n) is 4.19. The van der Waals surface area contributed by atoms with Crippen molar-refractivity contribution < 1.29 is 4.79 Å². The number of nitrogens with two attached hydrogens (primary N) is 1. The van der Waals surface area contributed by atoms with Crippen molar-refractivity contribution in [3.63, 3.8) is 0 Å². The zero-order valence-electron chi connectivity index (χ0n) is 12.4. The van der Waals surface area contributed by atoms with E-state index in [4.69, 9.17) is 5.73 Å². The Kier molecular flexibility index (Phi) is 5.57. The molecular formula is C15H25N3OS. The summed E-state index contributed by atoms with van der Waals surface area (Å²) in [4.78, 5) is 16.3. The summed E-state index contributed by atoms with van der Waals surface area (Å²) in [6.07, 6.45) is 2.09. The molecule has 1 saturated heterocycles. The number of carbonyl (C=O) groups excluding carboxylic acids is 1. The number of nitrogens with zero attached hydrogens (tertiary/aromatic N) is 2. The number of likely N-dealkylation sites (N-methyl/N-ethyl adjacent to an activating group) is 1. The smallest absolute Gasteiger partial charge is 0.236 e. The summed E-state index contributed by atoms with van der Waals surface area (Å²) in [5.74, 6) is 0.722. The van der Waals surface area contributed by atoms with Crippen LogP contribution >= 0.6 is 11.3 Å². The normalized spacial score (nSPS) is 23.8. The highest BCUT2D eigenvalue weighted by Crippen LogP contribution is 2.18. The third kappa shape index (κ3) is 4.04. The summed E-state index contributed by atoms with van der Waals surface area (Å²) in [7, 11) is 1.88. The quantitative estimate of drug-likeness (QED) is 0.900. The molecule has 20 heavy (non-hydrogen) atoms. The zero-order valence-corrected chi connectivity index (χ0v) is 13.2. The lowest BCUT2D eigenvalue weighted by atomic mass is 9.91. The van der Waals surface area contributed by atoms with Crippen LogP contribution in [0.4, 0.5) is 0 Å². The zero-order chi connectivity index (χ0) is 14.5. The average molecular weight is 295 g/mol. The van der Waals surface area contributed by atoms with Crippen LogP contribution in [0.1, 0.15) is 25.3 Å². The van der Waals surface area contributed by atoms with Gasteiger partial charge in [0.15, 0.2) is 0 Å². The van der Waals surface area contributed by atoms with Gasteiger partial charge in [-0.3, -0.25) is 9.69 Å². The highest BCUT2D eigenvalue weighted by molar-refractivity contribution is 7.07. The number of rotatable bonds is 5. The number of hydrogen-bond acceptors (Lipinski definition) is 4. The van der Waals surface area contributed by atoms with E-state index in [1.165, 1.54) is 5.56 Å². The SMILES string of the molecule is CCC1CN(CC(=O)N(C)Cc2ccsc2)CCC1N. The van der Waals surface area contributed by atoms with Crippen molar-refractivity contribution in [2.75, 3.05) is 26.7 Å². The molecule has 1 amide bonds. The Labute approximate surface area is 125 Å². The molecule has 2 heterocycles. The van der Waals surface area contributed by atoms with E-state index in [1.54, 1.807) is 11.3 Å². The summed E-state index contributed by atoms with van der Waals surface area (Å²) >= 11 is 1.67. The molecule has 5 heteroatoms. The number of amides is 1. The Hall–Kier alpha value is -0.910. The van der Waals surface area contributed by atoms with Crippen LogP contribution in [-0.2, 0) is 11.3 Å². The third-order valence-corrected chi connectivity index (χ3v) is 4.92. The van der Waals surface area contributed by atoms with Gasteiger partial charge in [0, 0.05) is 32.7 Å². The number of carbonyl (C=O) groups is 1. The summed E-state index contributed by atoms with van der Waals surface area (Å²) in [5.41, 5.74) is 7.32. The summed E-state index contributed by atoms with van der Waals surface area (Å²) in [6, 6.07) is 2.37. The standard InChI is InChI=1S/C15H25N3OS/c1-3-13-9-18(6-4-14(13)16)10-15(19)17(2)8-12-5-7-20-11-12/h5,7,11,13-14H,3-4,6,8-10,16H2,1-2H3. The monoisotopic (exact) mass is 295 g/mol. The minimum absolute atomic E-state index is 0.196. The van der Waals surface area contributed by atoms with Crippen molar-refractivity contribution in [2.24, 2.45) is 11.7 Å². The van der Waals surface area contributed by atoms with Gasteiger partial charge in [-0.25, -0.2) is 0 Å². The van der Waals surface area contributed by atoms with Crippen LogP contribution in [0.5, 0.6) is 0 Å². The molecule has 2 rings (SSSR count). The number of thiophene rings is 1. The van der Waals surface area contributed by atoms with Crippen LogP contribution in [0.2, 0.25) is 0 Å². The molecule has 1 aliphatic heterocycles. The summed E-state index contributed by atoms with van der Waals surface area (Å²) in [6.45, 7) is 5.29. The molecule has 2 unspecified atom stereocenters. The highest BCUT2D eigenvalue weighted by Gasteiger charge is 2.26. The van der Waals surface area contributed by atoms with Crippen LogP contribution in [0.15, 0.2) is 16.8 Å². The van der Waals surface area contributed by atoms with Gasteiger partial charge in [-0.05, 0) is 34.7 Å². The van der Waals surface area contributed by atoms with Gasteiger partial charge in [-0.15, -0.1) is 0 Å². The number of likely N-dealkylation sites (tertiary alicyclic amines) is 1. The van der Waals surface area contributed by atoms with Gasteiger partial charge in [-0.1, -0.05) is 13.3 Å². The van der Waals surface area contributed by atoms with Crippen molar-refractivity contribution in [1.82, 2.24) is 9.80 Å². The van der Waals surface area contributed by atoms with E-state index >= 15 is 0 Å². The first-order chi connectivity index (χ1) is 9.60. The fourth-order valence-corrected chi connectivity index (χ4v) is 3.42. The molecule has 1 aromatic rings. The molecule has 1 fully saturated rings. The fraction of sp³-hybridized carbons (Fsp3) is 0.667. The second-order valence-electron chi connectivity index (χ2n) is 5.74. The molecule has 0 saturated carbocycles. The molecule has 0 spiro atoms. The van der Waals surface area contributed by atoms with Crippen molar-refractivity contribution in [3.05, 3.63) is 22.4 Å². The Morgan fingerprint density at radius 3 is 3.05 bits per heavy atom. The predicted octanol–water partition coefficient (Wildman–Crippen LogP) is 1.77. The van der Waals surface area contributed by atoms with E-state index in [9.17, 15) is 4.79 Å². The Balaban J connectivity index is 1.81. The molecule has 0 aliphatic carbocycles. The Morgan fingerprint density at radius 1 is 1.60 bits per heavy atom. The summed E-state index contributed by atoms with van der Waals surface area (Å²) in [5, 5.41) is 4.14. The maximum absolute atomic E-state index is 12.3. The highest BCUT2D eigenvalue weighted by atomic mass is 32.1. The molecule has 0 aromatic carbocycles. The van der Waals surface area contributed by atoms with E-state index in [0.29, 0.717) is 25.0 Å². The minimum Gasteiger partial charge on any atom is -0.340 e. The maximum atomic E-state index is 12.3. The first-order valence-electron chi connectivity index (χ1n) is 7.33. The molecule has 112 valence electrons. The molecule has 1 aliphatic rings. The lowest BCUT2D eigenvalue weighted by molar-refractivity contribution is -0.132. The van der Waals surface area contributed by atoms with Gasteiger partial charge in [0.1, 0.15) is 0 Å². The number of hydrogen-bond donors (Lipinski definition) is 1. The van der Waals surface area contributed by atoms with Crippen LogP contribution in [-0.4, -0.2) is 48.4 Å². The maximum Gasteiger partial charge on any atom is 0.236 e. The molecule has 0 bridgehead atoms. The summed E-state index contributed by atoms with van der Waals surface area (Å²) < 4.78 is 0. The van der Waals surface area contributed by atoms with Crippen LogP contribution in [0.3, 0.4) is 0 Å². The minimum atomic E-state index is 0.196. The van der Waals surface area contributed by atoms with Crippen LogP contribution < -0.4 is 5.73 Å². The van der Waals surface area contributed by atoms with E-state index in [1.807, 2.05) is 17.3 Å². The van der Waals surface area contributed by atoms with Gasteiger partial charge in [0.05, 0.1) is 6.54 Å².